The molecular formula is C31H27ClN4O4S. The molecule has 2 saturated heterocycles. The Morgan fingerprint density at radius 3 is 2.54 bits per heavy atom. The molecule has 1 aromatic heterocycles. The first-order valence-electron chi connectivity index (χ1n) is 13.3. The number of aromatic nitrogens is 1. The molecule has 3 amide bonds. The van der Waals surface area contributed by atoms with Gasteiger partial charge in [0.1, 0.15) is 6.54 Å². The van der Waals surface area contributed by atoms with Crippen molar-refractivity contribution >= 4 is 68.8 Å². The summed E-state index contributed by atoms with van der Waals surface area (Å²) in [5.74, 6) is -0.926. The SMILES string of the molecule is O=C(CN1C(=O)S/C(=C/c2cn(Cc3ccccc3Cl)c3ccccc23)C1=O)Nc1ccccc1N1CCOCC1. The number of imide groups is 1. The average Bonchev–Trinajstić information content (AvgIpc) is 3.46. The highest BCUT2D eigenvalue weighted by atomic mass is 35.5. The molecule has 0 saturated carbocycles. The Morgan fingerprint density at radius 2 is 1.71 bits per heavy atom. The number of para-hydroxylation sites is 3. The van der Waals surface area contributed by atoms with E-state index >= 15 is 0 Å². The zero-order chi connectivity index (χ0) is 28.3. The van der Waals surface area contributed by atoms with Crippen LogP contribution in [0.2, 0.25) is 5.02 Å². The molecule has 208 valence electrons. The highest BCUT2D eigenvalue weighted by Crippen LogP contribution is 2.35. The van der Waals surface area contributed by atoms with Crippen LogP contribution in [0.1, 0.15) is 11.1 Å². The van der Waals surface area contributed by atoms with Crippen molar-refractivity contribution in [3.8, 4) is 0 Å². The number of carbonyl (C=O) groups is 3. The molecule has 2 aliphatic rings. The Hall–Kier alpha value is -4.05. The van der Waals surface area contributed by atoms with E-state index < -0.39 is 17.1 Å². The van der Waals surface area contributed by atoms with Gasteiger partial charge in [0.25, 0.3) is 11.1 Å². The minimum absolute atomic E-state index is 0.275. The predicted molar refractivity (Wildman–Crippen MR) is 163 cm³/mol. The molecule has 0 aliphatic carbocycles. The summed E-state index contributed by atoms with van der Waals surface area (Å²) in [6.45, 7) is 2.86. The number of benzene rings is 3. The largest absolute Gasteiger partial charge is 0.378 e. The topological polar surface area (TPSA) is 83.9 Å². The molecule has 6 rings (SSSR count). The Balaban J connectivity index is 1.20. The Bertz CT molecular complexity index is 1680. The van der Waals surface area contributed by atoms with E-state index in [4.69, 9.17) is 16.3 Å². The third-order valence-electron chi connectivity index (χ3n) is 7.11. The minimum atomic E-state index is -0.487. The van der Waals surface area contributed by atoms with Crippen molar-refractivity contribution in [3.63, 3.8) is 0 Å². The van der Waals surface area contributed by atoms with Crippen molar-refractivity contribution in [2.45, 2.75) is 6.54 Å². The number of carbonyl (C=O) groups excluding carboxylic acids is 3. The maximum atomic E-state index is 13.3. The average molecular weight is 587 g/mol. The van der Waals surface area contributed by atoms with Crippen LogP contribution < -0.4 is 10.2 Å². The number of anilines is 2. The number of hydrogen-bond acceptors (Lipinski definition) is 6. The number of nitrogens with one attached hydrogen (secondary N) is 1. The highest BCUT2D eigenvalue weighted by Gasteiger charge is 2.36. The van der Waals surface area contributed by atoms with Gasteiger partial charge in [0, 0.05) is 47.3 Å². The molecule has 0 unspecified atom stereocenters. The smallest absolute Gasteiger partial charge is 0.294 e. The Morgan fingerprint density at radius 1 is 0.976 bits per heavy atom. The maximum Gasteiger partial charge on any atom is 0.294 e. The standard InChI is InChI=1S/C31H27ClN4O4S/c32-24-9-3-1-7-21(24)18-35-19-22(23-8-2-5-11-26(23)35)17-28-30(38)36(31(39)41-28)20-29(37)33-25-10-4-6-12-27(25)34-13-15-40-16-14-34/h1-12,17,19H,13-16,18,20H2,(H,33,37)/b28-17+. The summed E-state index contributed by atoms with van der Waals surface area (Å²) in [6.07, 6.45) is 3.68. The van der Waals surface area contributed by atoms with Crippen LogP contribution >= 0.6 is 23.4 Å². The quantitative estimate of drug-likeness (QED) is 0.273. The lowest BCUT2D eigenvalue weighted by Crippen LogP contribution is -2.38. The van der Waals surface area contributed by atoms with Crippen molar-refractivity contribution in [1.82, 2.24) is 9.47 Å². The van der Waals surface area contributed by atoms with Gasteiger partial charge in [0.15, 0.2) is 0 Å². The molecule has 0 spiro atoms. The van der Waals surface area contributed by atoms with E-state index in [2.05, 4.69) is 14.8 Å². The third kappa shape index (κ3) is 5.74. The molecule has 0 radical (unpaired) electrons. The van der Waals surface area contributed by atoms with Crippen molar-refractivity contribution in [2.24, 2.45) is 0 Å². The fourth-order valence-electron chi connectivity index (χ4n) is 5.10. The summed E-state index contributed by atoms with van der Waals surface area (Å²) in [5.41, 5.74) is 4.28. The summed E-state index contributed by atoms with van der Waals surface area (Å²) in [4.78, 5) is 42.5. The summed E-state index contributed by atoms with van der Waals surface area (Å²) in [7, 11) is 0. The van der Waals surface area contributed by atoms with Crippen LogP contribution in [0.25, 0.3) is 17.0 Å². The number of fused-ring (bicyclic) bond motifs is 1. The predicted octanol–water partition coefficient (Wildman–Crippen LogP) is 5.85. The molecule has 1 N–H and O–H groups in total. The molecular weight excluding hydrogens is 560 g/mol. The number of thioether (sulfide) groups is 1. The number of hydrogen-bond donors (Lipinski definition) is 1. The van der Waals surface area contributed by atoms with Crippen LogP contribution in [0.15, 0.2) is 83.9 Å². The van der Waals surface area contributed by atoms with Crippen molar-refractivity contribution in [3.05, 3.63) is 100 Å². The van der Waals surface area contributed by atoms with Crippen molar-refractivity contribution < 1.29 is 19.1 Å². The van der Waals surface area contributed by atoms with Crippen LogP contribution in [0.5, 0.6) is 0 Å². The molecule has 10 heteroatoms. The molecule has 0 bridgehead atoms. The lowest BCUT2D eigenvalue weighted by Gasteiger charge is -2.30. The van der Waals surface area contributed by atoms with Gasteiger partial charge in [-0.1, -0.05) is 60.1 Å². The number of halogens is 1. The summed E-state index contributed by atoms with van der Waals surface area (Å²) < 4.78 is 7.51. The molecule has 3 aromatic carbocycles. The van der Waals surface area contributed by atoms with Gasteiger partial charge < -0.3 is 19.5 Å². The van der Waals surface area contributed by atoms with Gasteiger partial charge in [-0.05, 0) is 47.7 Å². The van der Waals surface area contributed by atoms with E-state index in [1.807, 2.05) is 79.0 Å². The van der Waals surface area contributed by atoms with Crippen LogP contribution in [0.4, 0.5) is 16.2 Å². The zero-order valence-corrected chi connectivity index (χ0v) is 23.7. The van der Waals surface area contributed by atoms with Crippen LogP contribution in [-0.4, -0.2) is 59.4 Å². The molecule has 2 aliphatic heterocycles. The maximum absolute atomic E-state index is 13.3. The van der Waals surface area contributed by atoms with E-state index in [9.17, 15) is 14.4 Å². The second-order valence-corrected chi connectivity index (χ2v) is 11.2. The van der Waals surface area contributed by atoms with Crippen LogP contribution in [0, 0.1) is 0 Å². The normalized spacial score (nSPS) is 16.7. The summed E-state index contributed by atoms with van der Waals surface area (Å²) in [5, 5.41) is 4.04. The zero-order valence-electron chi connectivity index (χ0n) is 22.1. The van der Waals surface area contributed by atoms with E-state index in [0.29, 0.717) is 30.5 Å². The second-order valence-electron chi connectivity index (χ2n) is 9.75. The van der Waals surface area contributed by atoms with Crippen molar-refractivity contribution in [1.29, 1.82) is 0 Å². The van der Waals surface area contributed by atoms with Gasteiger partial charge in [-0.15, -0.1) is 0 Å². The lowest BCUT2D eigenvalue weighted by atomic mass is 10.1. The first kappa shape index (κ1) is 27.1. The van der Waals surface area contributed by atoms with Crippen LogP contribution in [-0.2, 0) is 20.9 Å². The number of rotatable bonds is 7. The van der Waals surface area contributed by atoms with E-state index in [0.717, 1.165) is 57.5 Å². The Kier molecular flexibility index (Phi) is 7.82. The highest BCUT2D eigenvalue weighted by molar-refractivity contribution is 8.18. The fourth-order valence-corrected chi connectivity index (χ4v) is 6.13. The second kappa shape index (κ2) is 11.8. The first-order chi connectivity index (χ1) is 20.0. The summed E-state index contributed by atoms with van der Waals surface area (Å²) >= 11 is 7.25. The molecule has 2 fully saturated rings. The number of amides is 3. The fraction of sp³-hybridized carbons (Fsp3) is 0.194. The van der Waals surface area contributed by atoms with Gasteiger partial charge in [0.05, 0.1) is 29.5 Å². The van der Waals surface area contributed by atoms with E-state index in [-0.39, 0.29) is 11.4 Å². The van der Waals surface area contributed by atoms with Crippen molar-refractivity contribution in [2.75, 3.05) is 43.1 Å². The van der Waals surface area contributed by atoms with E-state index in [1.54, 1.807) is 6.08 Å². The van der Waals surface area contributed by atoms with Gasteiger partial charge in [-0.2, -0.15) is 0 Å². The number of nitrogens with zero attached hydrogens (tertiary/aromatic N) is 3. The molecule has 8 nitrogen and oxygen atoms in total. The third-order valence-corrected chi connectivity index (χ3v) is 8.39. The molecule has 4 aromatic rings. The van der Waals surface area contributed by atoms with Gasteiger partial charge >= 0.3 is 0 Å². The van der Waals surface area contributed by atoms with Gasteiger partial charge in [0.2, 0.25) is 5.91 Å². The Labute approximate surface area is 246 Å². The van der Waals surface area contributed by atoms with Gasteiger partial charge in [-0.25, -0.2) is 0 Å². The molecule has 3 heterocycles. The molecule has 41 heavy (non-hydrogen) atoms. The first-order valence-corrected chi connectivity index (χ1v) is 14.5. The van der Waals surface area contributed by atoms with Crippen LogP contribution in [0.3, 0.4) is 0 Å². The van der Waals surface area contributed by atoms with E-state index in [1.165, 1.54) is 0 Å². The number of ether oxygens (including phenoxy) is 1. The lowest BCUT2D eigenvalue weighted by molar-refractivity contribution is -0.127. The monoisotopic (exact) mass is 586 g/mol. The molecule has 0 atom stereocenters. The summed E-state index contributed by atoms with van der Waals surface area (Å²) in [6, 6.07) is 23.1. The minimum Gasteiger partial charge on any atom is -0.378 e. The number of morpholine rings is 1. The van der Waals surface area contributed by atoms with Gasteiger partial charge in [-0.3, -0.25) is 19.3 Å².